The fraction of sp³-hybridized carbons (Fsp3) is 0.867. The fourth-order valence-corrected chi connectivity index (χ4v) is 3.81. The van der Waals surface area contributed by atoms with Gasteiger partial charge >= 0.3 is 0 Å². The highest BCUT2D eigenvalue weighted by molar-refractivity contribution is 5.86. The molecular weight excluding hydrogens is 270 g/mol. The van der Waals surface area contributed by atoms with Crippen molar-refractivity contribution in [3.05, 3.63) is 0 Å². The second-order valence-electron chi connectivity index (χ2n) is 6.98. The lowest BCUT2D eigenvalue weighted by molar-refractivity contribution is -0.162. The summed E-state index contributed by atoms with van der Waals surface area (Å²) >= 11 is 0. The van der Waals surface area contributed by atoms with Crippen LogP contribution in [0, 0.1) is 0 Å². The number of piperazine rings is 1. The van der Waals surface area contributed by atoms with Gasteiger partial charge in [-0.05, 0) is 33.1 Å². The number of nitrogens with zero attached hydrogens (tertiary/aromatic N) is 2. The molecule has 3 fully saturated rings. The molecule has 0 radical (unpaired) electrons. The van der Waals surface area contributed by atoms with E-state index in [0.29, 0.717) is 25.7 Å². The molecule has 0 aromatic heterocycles. The topological polar surface area (TPSA) is 61.9 Å². The third-order valence-electron chi connectivity index (χ3n) is 4.67. The average molecular weight is 295 g/mol. The maximum absolute atomic E-state index is 12.5. The van der Waals surface area contributed by atoms with Gasteiger partial charge in [-0.3, -0.25) is 14.5 Å². The van der Waals surface area contributed by atoms with Crippen LogP contribution in [0.15, 0.2) is 0 Å². The van der Waals surface area contributed by atoms with Crippen molar-refractivity contribution >= 4 is 11.8 Å². The zero-order chi connectivity index (χ0) is 15.0. The first-order valence-electron chi connectivity index (χ1n) is 7.91. The zero-order valence-corrected chi connectivity index (χ0v) is 12.9. The van der Waals surface area contributed by atoms with Gasteiger partial charge in [-0.2, -0.15) is 0 Å². The van der Waals surface area contributed by atoms with Gasteiger partial charge in [0.1, 0.15) is 0 Å². The summed E-state index contributed by atoms with van der Waals surface area (Å²) in [7, 11) is 0. The van der Waals surface area contributed by atoms with Gasteiger partial charge in [0.2, 0.25) is 11.8 Å². The minimum absolute atomic E-state index is 0.0596. The van der Waals surface area contributed by atoms with E-state index >= 15 is 0 Å². The van der Waals surface area contributed by atoms with Crippen LogP contribution in [0.5, 0.6) is 0 Å². The Kier molecular flexibility index (Phi) is 3.92. The first kappa shape index (κ1) is 14.8. The Morgan fingerprint density at radius 3 is 3.00 bits per heavy atom. The van der Waals surface area contributed by atoms with Gasteiger partial charge in [-0.15, -0.1) is 0 Å². The lowest BCUT2D eigenvalue weighted by Crippen LogP contribution is -2.60. The van der Waals surface area contributed by atoms with E-state index in [2.05, 4.69) is 24.1 Å². The minimum atomic E-state index is -0.203. The first-order chi connectivity index (χ1) is 9.94. The van der Waals surface area contributed by atoms with Crippen LogP contribution >= 0.6 is 0 Å². The van der Waals surface area contributed by atoms with Crippen LogP contribution in [0.3, 0.4) is 0 Å². The van der Waals surface area contributed by atoms with Crippen LogP contribution in [-0.2, 0) is 14.3 Å². The van der Waals surface area contributed by atoms with Crippen molar-refractivity contribution in [2.45, 2.75) is 50.9 Å². The Morgan fingerprint density at radius 1 is 1.43 bits per heavy atom. The smallest absolute Gasteiger partial charge is 0.239 e. The molecule has 0 spiro atoms. The zero-order valence-electron chi connectivity index (χ0n) is 12.9. The predicted octanol–water partition coefficient (Wildman–Crippen LogP) is -0.0233. The van der Waals surface area contributed by atoms with Crippen molar-refractivity contribution in [2.75, 3.05) is 32.7 Å². The molecular formula is C15H25N3O3. The van der Waals surface area contributed by atoms with Crippen molar-refractivity contribution in [1.82, 2.24) is 15.1 Å². The largest absolute Gasteiger partial charge is 0.369 e. The molecule has 2 amide bonds. The van der Waals surface area contributed by atoms with E-state index in [1.165, 1.54) is 6.42 Å². The SMILES string of the molecule is CC1(C)CN(CC(=O)N2CCNC(=O)C2)[C@@H]2CCC[C@H]2O1. The summed E-state index contributed by atoms with van der Waals surface area (Å²) in [6.07, 6.45) is 3.62. The summed E-state index contributed by atoms with van der Waals surface area (Å²) in [5, 5.41) is 2.75. The molecule has 1 aliphatic carbocycles. The first-order valence-corrected chi connectivity index (χ1v) is 7.91. The quantitative estimate of drug-likeness (QED) is 0.777. The molecule has 3 rings (SSSR count). The molecule has 1 saturated carbocycles. The van der Waals surface area contributed by atoms with Crippen LogP contribution in [0.1, 0.15) is 33.1 Å². The second kappa shape index (κ2) is 5.57. The lowest BCUT2D eigenvalue weighted by atomic mass is 10.0. The lowest BCUT2D eigenvalue weighted by Gasteiger charge is -2.46. The molecule has 3 aliphatic rings. The van der Waals surface area contributed by atoms with Crippen LogP contribution in [-0.4, -0.2) is 72.1 Å². The number of fused-ring (bicyclic) bond motifs is 1. The third kappa shape index (κ3) is 3.21. The molecule has 2 saturated heterocycles. The molecule has 0 bridgehead atoms. The second-order valence-corrected chi connectivity index (χ2v) is 6.98. The molecule has 1 N–H and O–H groups in total. The Hall–Kier alpha value is -1.14. The van der Waals surface area contributed by atoms with Gasteiger partial charge in [0.05, 0.1) is 24.8 Å². The highest BCUT2D eigenvalue weighted by Crippen LogP contribution is 2.35. The standard InChI is InChI=1S/C15H25N3O3/c1-15(2)10-18(11-4-3-5-12(11)21-15)9-14(20)17-7-6-16-13(19)8-17/h11-12H,3-10H2,1-2H3,(H,16,19)/t11-,12-/m1/s1. The van der Waals surface area contributed by atoms with Crippen molar-refractivity contribution in [1.29, 1.82) is 0 Å². The molecule has 2 heterocycles. The molecule has 21 heavy (non-hydrogen) atoms. The van der Waals surface area contributed by atoms with E-state index in [1.54, 1.807) is 4.90 Å². The van der Waals surface area contributed by atoms with Crippen molar-refractivity contribution in [3.8, 4) is 0 Å². The monoisotopic (exact) mass is 295 g/mol. The molecule has 6 heteroatoms. The highest BCUT2D eigenvalue weighted by Gasteiger charge is 2.43. The molecule has 0 aromatic carbocycles. The third-order valence-corrected chi connectivity index (χ3v) is 4.67. The van der Waals surface area contributed by atoms with E-state index in [0.717, 1.165) is 19.4 Å². The summed E-state index contributed by atoms with van der Waals surface area (Å²) in [5.41, 5.74) is -0.203. The number of morpholine rings is 1. The van der Waals surface area contributed by atoms with Crippen molar-refractivity contribution in [3.63, 3.8) is 0 Å². The van der Waals surface area contributed by atoms with Gasteiger partial charge < -0.3 is 15.0 Å². The normalized spacial score (nSPS) is 32.7. The summed E-state index contributed by atoms with van der Waals surface area (Å²) in [6, 6.07) is 0.362. The van der Waals surface area contributed by atoms with Crippen LogP contribution in [0.2, 0.25) is 0 Å². The number of amides is 2. The van der Waals surface area contributed by atoms with Crippen LogP contribution in [0.4, 0.5) is 0 Å². The number of carbonyl (C=O) groups excluding carboxylic acids is 2. The maximum atomic E-state index is 12.5. The van der Waals surface area contributed by atoms with E-state index in [-0.39, 0.29) is 30.1 Å². The van der Waals surface area contributed by atoms with Gasteiger partial charge in [-0.1, -0.05) is 0 Å². The van der Waals surface area contributed by atoms with Crippen molar-refractivity contribution in [2.24, 2.45) is 0 Å². The number of nitrogens with one attached hydrogen (secondary N) is 1. The summed E-state index contributed by atoms with van der Waals surface area (Å²) < 4.78 is 6.14. The summed E-state index contributed by atoms with van der Waals surface area (Å²) in [6.45, 7) is 6.74. The average Bonchev–Trinajstić information content (AvgIpc) is 2.85. The molecule has 2 aliphatic heterocycles. The number of ether oxygens (including phenoxy) is 1. The Morgan fingerprint density at radius 2 is 2.24 bits per heavy atom. The van der Waals surface area contributed by atoms with Crippen molar-refractivity contribution < 1.29 is 14.3 Å². The van der Waals surface area contributed by atoms with Crippen LogP contribution in [0.25, 0.3) is 0 Å². The Bertz CT molecular complexity index is 438. The van der Waals surface area contributed by atoms with E-state index < -0.39 is 0 Å². The molecule has 0 unspecified atom stereocenters. The molecule has 2 atom stereocenters. The summed E-state index contributed by atoms with van der Waals surface area (Å²) in [5.74, 6) is 0.00357. The molecule has 6 nitrogen and oxygen atoms in total. The minimum Gasteiger partial charge on any atom is -0.369 e. The fourth-order valence-electron chi connectivity index (χ4n) is 3.81. The van der Waals surface area contributed by atoms with E-state index in [1.807, 2.05) is 0 Å². The van der Waals surface area contributed by atoms with Gasteiger partial charge in [0, 0.05) is 25.7 Å². The van der Waals surface area contributed by atoms with Crippen LogP contribution < -0.4 is 5.32 Å². The Balaban J connectivity index is 1.64. The molecule has 0 aromatic rings. The van der Waals surface area contributed by atoms with Gasteiger partial charge in [0.15, 0.2) is 0 Å². The molecule has 118 valence electrons. The van der Waals surface area contributed by atoms with E-state index in [4.69, 9.17) is 4.74 Å². The van der Waals surface area contributed by atoms with Gasteiger partial charge in [-0.25, -0.2) is 0 Å². The number of hydrogen-bond acceptors (Lipinski definition) is 4. The number of hydrogen-bond donors (Lipinski definition) is 1. The van der Waals surface area contributed by atoms with Gasteiger partial charge in [0.25, 0.3) is 0 Å². The maximum Gasteiger partial charge on any atom is 0.239 e. The number of carbonyl (C=O) groups is 2. The van der Waals surface area contributed by atoms with E-state index in [9.17, 15) is 9.59 Å². The summed E-state index contributed by atoms with van der Waals surface area (Å²) in [4.78, 5) is 27.8. The highest BCUT2D eigenvalue weighted by atomic mass is 16.5. The Labute approximate surface area is 125 Å². The predicted molar refractivity (Wildman–Crippen MR) is 77.8 cm³/mol. The number of rotatable bonds is 2.